The molecule has 24 heavy (non-hydrogen) atoms. The monoisotopic (exact) mass is 403 g/mol. The summed E-state index contributed by atoms with van der Waals surface area (Å²) in [4.78, 5) is 24.5. The molecule has 3 nitrogen and oxygen atoms in total. The van der Waals surface area contributed by atoms with Gasteiger partial charge in [-0.15, -0.1) is 0 Å². The number of ketones is 1. The van der Waals surface area contributed by atoms with Gasteiger partial charge in [-0.05, 0) is 43.9 Å². The first-order valence-electron chi connectivity index (χ1n) is 7.97. The summed E-state index contributed by atoms with van der Waals surface area (Å²) in [7, 11) is 0. The number of carbonyl (C=O) groups is 2. The number of hydrogen-bond donors (Lipinski definition) is 1. The first kappa shape index (κ1) is 17.5. The van der Waals surface area contributed by atoms with Crippen LogP contribution in [0.4, 0.5) is 18.9 Å². The molecular formula is C17H17BrF3NO2. The summed E-state index contributed by atoms with van der Waals surface area (Å²) >= 11 is 2.88. The Bertz CT molecular complexity index is 658. The fourth-order valence-electron chi connectivity index (χ4n) is 3.76. The number of nitrogens with one attached hydrogen (secondary N) is 1. The zero-order valence-corrected chi connectivity index (χ0v) is 14.4. The average Bonchev–Trinajstić information content (AvgIpc) is 2.47. The largest absolute Gasteiger partial charge is 0.417 e. The highest BCUT2D eigenvalue weighted by atomic mass is 79.9. The molecule has 7 heteroatoms. The van der Waals surface area contributed by atoms with Crippen molar-refractivity contribution in [3.05, 3.63) is 28.2 Å². The minimum atomic E-state index is -4.49. The van der Waals surface area contributed by atoms with Gasteiger partial charge in [-0.2, -0.15) is 13.2 Å². The summed E-state index contributed by atoms with van der Waals surface area (Å²) in [5, 5.41) is 2.58. The Labute approximate surface area is 146 Å². The average molecular weight is 404 g/mol. The second kappa shape index (κ2) is 6.50. The van der Waals surface area contributed by atoms with Gasteiger partial charge in [-0.1, -0.05) is 22.4 Å². The van der Waals surface area contributed by atoms with Crippen molar-refractivity contribution in [2.75, 3.05) is 5.32 Å². The molecule has 0 spiro atoms. The van der Waals surface area contributed by atoms with Gasteiger partial charge in [0, 0.05) is 27.9 Å². The molecule has 2 fully saturated rings. The van der Waals surface area contributed by atoms with E-state index in [2.05, 4.69) is 21.2 Å². The number of Topliss-reactive ketones (excluding diaryl/α,β-unsaturated/α-hetero) is 1. The Kier molecular flexibility index (Phi) is 4.73. The second-order valence-electron chi connectivity index (χ2n) is 6.58. The Morgan fingerprint density at radius 1 is 1.17 bits per heavy atom. The molecule has 130 valence electrons. The molecule has 2 aliphatic carbocycles. The van der Waals surface area contributed by atoms with Gasteiger partial charge >= 0.3 is 6.18 Å². The van der Waals surface area contributed by atoms with Crippen molar-refractivity contribution in [1.82, 2.24) is 0 Å². The number of carbonyl (C=O) groups excluding carboxylic acids is 2. The third-order valence-corrected chi connectivity index (χ3v) is 5.65. The van der Waals surface area contributed by atoms with E-state index in [0.717, 1.165) is 25.3 Å². The summed E-state index contributed by atoms with van der Waals surface area (Å²) in [6.45, 7) is 0. The third-order valence-electron chi connectivity index (χ3n) is 4.96. The van der Waals surface area contributed by atoms with Gasteiger partial charge in [0.1, 0.15) is 5.78 Å². The van der Waals surface area contributed by atoms with Crippen molar-refractivity contribution in [3.63, 3.8) is 0 Å². The van der Waals surface area contributed by atoms with E-state index in [-0.39, 0.29) is 39.6 Å². The molecule has 1 N–H and O–H groups in total. The molecular weight excluding hydrogens is 387 g/mol. The number of alkyl halides is 3. The van der Waals surface area contributed by atoms with E-state index in [9.17, 15) is 22.8 Å². The van der Waals surface area contributed by atoms with Gasteiger partial charge in [0.25, 0.3) is 0 Å². The van der Waals surface area contributed by atoms with Gasteiger partial charge in [0.15, 0.2) is 0 Å². The zero-order chi connectivity index (χ0) is 17.5. The van der Waals surface area contributed by atoms with E-state index in [1.54, 1.807) is 0 Å². The van der Waals surface area contributed by atoms with Crippen LogP contribution in [0.1, 0.15) is 37.7 Å². The lowest BCUT2D eigenvalue weighted by molar-refractivity contribution is -0.138. The van der Waals surface area contributed by atoms with Crippen LogP contribution in [0.15, 0.2) is 22.7 Å². The minimum absolute atomic E-state index is 0.0641. The lowest BCUT2D eigenvalue weighted by Gasteiger charge is -2.36. The molecule has 3 rings (SSSR count). The molecule has 0 aromatic heterocycles. The quantitative estimate of drug-likeness (QED) is 0.770. The maximum atomic E-state index is 12.9. The van der Waals surface area contributed by atoms with Crippen LogP contribution in [-0.2, 0) is 15.8 Å². The molecule has 2 unspecified atom stereocenters. The topological polar surface area (TPSA) is 46.2 Å². The van der Waals surface area contributed by atoms with Crippen molar-refractivity contribution >= 4 is 33.3 Å². The number of amides is 1. The standard InChI is InChI=1S/C17H17BrF3NO2/c18-14-5-4-12(8-13(14)17(19,20)21)22-16(24)11-6-9-2-1-3-10(7-11)15(9)23/h4-5,8-11H,1-3,6-7H2,(H,22,24). The molecule has 1 amide bonds. The van der Waals surface area contributed by atoms with Crippen LogP contribution in [0.5, 0.6) is 0 Å². The number of hydrogen-bond acceptors (Lipinski definition) is 2. The number of fused-ring (bicyclic) bond motifs is 2. The van der Waals surface area contributed by atoms with E-state index in [1.807, 2.05) is 0 Å². The fraction of sp³-hybridized carbons (Fsp3) is 0.529. The molecule has 2 aliphatic rings. The molecule has 0 aliphatic heterocycles. The summed E-state index contributed by atoms with van der Waals surface area (Å²) < 4.78 is 38.8. The number of anilines is 1. The van der Waals surface area contributed by atoms with Crippen LogP contribution in [0.25, 0.3) is 0 Å². The Balaban J connectivity index is 1.73. The van der Waals surface area contributed by atoms with Crippen LogP contribution < -0.4 is 5.32 Å². The van der Waals surface area contributed by atoms with Crippen molar-refractivity contribution in [1.29, 1.82) is 0 Å². The van der Waals surface area contributed by atoms with Gasteiger partial charge in [-0.25, -0.2) is 0 Å². The van der Waals surface area contributed by atoms with Crippen molar-refractivity contribution in [2.24, 2.45) is 17.8 Å². The lowest BCUT2D eigenvalue weighted by atomic mass is 9.67. The van der Waals surface area contributed by atoms with E-state index in [1.165, 1.54) is 12.1 Å². The first-order valence-corrected chi connectivity index (χ1v) is 8.76. The Hall–Kier alpha value is -1.37. The molecule has 2 saturated carbocycles. The molecule has 1 aromatic carbocycles. The highest BCUT2D eigenvalue weighted by Gasteiger charge is 2.41. The number of rotatable bonds is 2. The molecule has 0 radical (unpaired) electrons. The van der Waals surface area contributed by atoms with Gasteiger partial charge in [0.05, 0.1) is 5.56 Å². The van der Waals surface area contributed by atoms with Crippen LogP contribution in [0.3, 0.4) is 0 Å². The predicted molar refractivity (Wildman–Crippen MR) is 86.3 cm³/mol. The van der Waals surface area contributed by atoms with Crippen molar-refractivity contribution in [3.8, 4) is 0 Å². The van der Waals surface area contributed by atoms with Crippen LogP contribution in [0, 0.1) is 17.8 Å². The first-order chi connectivity index (χ1) is 11.3. The predicted octanol–water partition coefficient (Wildman–Crippen LogP) is 4.80. The van der Waals surface area contributed by atoms with Crippen LogP contribution in [-0.4, -0.2) is 11.7 Å². The van der Waals surface area contributed by atoms with Crippen LogP contribution >= 0.6 is 15.9 Å². The molecule has 0 heterocycles. The van der Waals surface area contributed by atoms with E-state index >= 15 is 0 Å². The summed E-state index contributed by atoms with van der Waals surface area (Å²) in [5.41, 5.74) is -0.700. The second-order valence-corrected chi connectivity index (χ2v) is 7.43. The summed E-state index contributed by atoms with van der Waals surface area (Å²) in [6.07, 6.45) is -0.843. The van der Waals surface area contributed by atoms with E-state index < -0.39 is 11.7 Å². The van der Waals surface area contributed by atoms with Crippen molar-refractivity contribution < 1.29 is 22.8 Å². The highest BCUT2D eigenvalue weighted by Crippen LogP contribution is 2.41. The van der Waals surface area contributed by atoms with Crippen LogP contribution in [0.2, 0.25) is 0 Å². The maximum absolute atomic E-state index is 12.9. The number of benzene rings is 1. The minimum Gasteiger partial charge on any atom is -0.326 e. The Morgan fingerprint density at radius 3 is 2.38 bits per heavy atom. The van der Waals surface area contributed by atoms with E-state index in [4.69, 9.17) is 0 Å². The maximum Gasteiger partial charge on any atom is 0.417 e. The molecule has 2 atom stereocenters. The molecule has 1 aromatic rings. The van der Waals surface area contributed by atoms with E-state index in [0.29, 0.717) is 12.8 Å². The van der Waals surface area contributed by atoms with Gasteiger partial charge < -0.3 is 5.32 Å². The smallest absolute Gasteiger partial charge is 0.326 e. The van der Waals surface area contributed by atoms with Crippen molar-refractivity contribution in [2.45, 2.75) is 38.3 Å². The summed E-state index contributed by atoms with van der Waals surface area (Å²) in [5.74, 6) is -0.480. The summed E-state index contributed by atoms with van der Waals surface area (Å²) in [6, 6.07) is 3.64. The fourth-order valence-corrected chi connectivity index (χ4v) is 4.23. The van der Waals surface area contributed by atoms with Gasteiger partial charge in [-0.3, -0.25) is 9.59 Å². The molecule has 2 bridgehead atoms. The third kappa shape index (κ3) is 3.50. The van der Waals surface area contributed by atoms with Gasteiger partial charge in [0.2, 0.25) is 5.91 Å². The SMILES string of the molecule is O=C(Nc1ccc(Br)c(C(F)(F)F)c1)C1CC2CCCC(C1)C2=O. The lowest BCUT2D eigenvalue weighted by Crippen LogP contribution is -2.40. The Morgan fingerprint density at radius 2 is 1.79 bits per heavy atom. The molecule has 0 saturated heterocycles. The zero-order valence-electron chi connectivity index (χ0n) is 12.8. The highest BCUT2D eigenvalue weighted by molar-refractivity contribution is 9.10. The number of halogens is 4. The normalized spacial score (nSPS) is 27.0.